The molecule has 3 aromatic rings. The quantitative estimate of drug-likeness (QED) is 0.161. The van der Waals surface area contributed by atoms with E-state index in [0.29, 0.717) is 43.1 Å². The number of hydrogen-bond acceptors (Lipinski definition) is 7. The minimum atomic E-state index is -0.723. The summed E-state index contributed by atoms with van der Waals surface area (Å²) in [6, 6.07) is 12.3. The number of ether oxygens (including phenoxy) is 2. The van der Waals surface area contributed by atoms with Crippen molar-refractivity contribution in [3.8, 4) is 17.7 Å². The van der Waals surface area contributed by atoms with Crippen LogP contribution in [0.3, 0.4) is 0 Å². The smallest absolute Gasteiger partial charge is 0.247 e. The second-order valence-electron chi connectivity index (χ2n) is 9.47. The third-order valence-electron chi connectivity index (χ3n) is 6.65. The molecule has 1 aromatic heterocycles. The summed E-state index contributed by atoms with van der Waals surface area (Å²) in [5.41, 5.74) is 2.36. The van der Waals surface area contributed by atoms with Crippen LogP contribution in [0.1, 0.15) is 30.6 Å². The van der Waals surface area contributed by atoms with Crippen LogP contribution in [-0.4, -0.2) is 62.6 Å². The van der Waals surface area contributed by atoms with Crippen molar-refractivity contribution < 1.29 is 23.5 Å². The van der Waals surface area contributed by atoms with Crippen molar-refractivity contribution in [1.29, 1.82) is 5.26 Å². The van der Waals surface area contributed by atoms with Crippen LogP contribution in [0.5, 0.6) is 11.5 Å². The van der Waals surface area contributed by atoms with E-state index in [2.05, 4.69) is 20.9 Å². The molecule has 0 radical (unpaired) electrons. The van der Waals surface area contributed by atoms with Gasteiger partial charge in [-0.05, 0) is 68.5 Å². The number of rotatable bonds is 9. The summed E-state index contributed by atoms with van der Waals surface area (Å²) in [5, 5.41) is 18.7. The highest BCUT2D eigenvalue weighted by molar-refractivity contribution is 5.98. The van der Waals surface area contributed by atoms with Gasteiger partial charge in [-0.3, -0.25) is 14.9 Å². The van der Waals surface area contributed by atoms with Crippen molar-refractivity contribution in [3.05, 3.63) is 53.8 Å². The molecule has 40 heavy (non-hydrogen) atoms. The molecule has 2 heterocycles. The first-order chi connectivity index (χ1) is 19.4. The Bertz CT molecular complexity index is 1430. The molecule has 3 N–H and O–H groups in total. The molecule has 2 aromatic carbocycles. The second kappa shape index (κ2) is 13.4. The molecule has 1 unspecified atom stereocenters. The van der Waals surface area contributed by atoms with Crippen molar-refractivity contribution in [2.75, 3.05) is 39.2 Å². The highest BCUT2D eigenvalue weighted by Crippen LogP contribution is 2.30. The van der Waals surface area contributed by atoms with Gasteiger partial charge in [-0.1, -0.05) is 12.1 Å². The summed E-state index contributed by atoms with van der Waals surface area (Å²) >= 11 is 0. The van der Waals surface area contributed by atoms with Gasteiger partial charge in [0.15, 0.2) is 17.7 Å². The largest absolute Gasteiger partial charge is 0.493 e. The van der Waals surface area contributed by atoms with Crippen LogP contribution < -0.4 is 25.4 Å². The highest BCUT2D eigenvalue weighted by atomic mass is 16.5. The number of guanidine groups is 1. The minimum Gasteiger partial charge on any atom is -0.493 e. The second-order valence-corrected chi connectivity index (χ2v) is 9.47. The van der Waals surface area contributed by atoms with Crippen molar-refractivity contribution in [3.63, 3.8) is 0 Å². The molecular formula is C29H34N6O5. The van der Waals surface area contributed by atoms with Crippen molar-refractivity contribution in [2.45, 2.75) is 38.6 Å². The number of fused-ring (bicyclic) bond motifs is 1. The van der Waals surface area contributed by atoms with Gasteiger partial charge in [-0.2, -0.15) is 5.26 Å². The summed E-state index contributed by atoms with van der Waals surface area (Å²) in [7, 11) is 3.16. The number of hydrogen-bond donors (Lipinski definition) is 3. The first-order valence-corrected chi connectivity index (χ1v) is 13.2. The number of carbonyl (C=O) groups excluding carboxylic acids is 2. The number of carbonyl (C=O) groups is 2. The maximum atomic E-state index is 13.4. The summed E-state index contributed by atoms with van der Waals surface area (Å²) < 4.78 is 16.4. The molecule has 0 bridgehead atoms. The predicted octanol–water partition coefficient (Wildman–Crippen LogP) is 3.34. The maximum absolute atomic E-state index is 13.4. The van der Waals surface area contributed by atoms with Crippen LogP contribution in [0.15, 0.2) is 51.9 Å². The fourth-order valence-corrected chi connectivity index (χ4v) is 4.77. The van der Waals surface area contributed by atoms with E-state index in [-0.39, 0.29) is 24.3 Å². The number of aliphatic imine (C=N–C) groups is 1. The van der Waals surface area contributed by atoms with Gasteiger partial charge in [0.05, 0.1) is 20.8 Å². The van der Waals surface area contributed by atoms with Gasteiger partial charge in [-0.15, -0.1) is 0 Å². The molecule has 4 rings (SSSR count). The summed E-state index contributed by atoms with van der Waals surface area (Å²) in [5.74, 6) is 1.73. The van der Waals surface area contributed by atoms with E-state index < -0.39 is 6.04 Å². The number of nitrogens with zero attached hydrogens (tertiary/aromatic N) is 3. The first kappa shape index (κ1) is 28.3. The first-order valence-electron chi connectivity index (χ1n) is 13.2. The molecule has 0 saturated carbocycles. The van der Waals surface area contributed by atoms with Gasteiger partial charge in [-0.25, -0.2) is 4.99 Å². The lowest BCUT2D eigenvalue weighted by molar-refractivity contribution is -0.136. The van der Waals surface area contributed by atoms with Crippen LogP contribution in [0, 0.1) is 18.4 Å². The number of likely N-dealkylation sites (tertiary alicyclic amines) is 1. The Morgan fingerprint density at radius 1 is 1.20 bits per heavy atom. The molecule has 1 saturated heterocycles. The Kier molecular flexibility index (Phi) is 9.46. The molecule has 11 heteroatoms. The number of nitrogens with one attached hydrogen (secondary N) is 3. The van der Waals surface area contributed by atoms with Crippen molar-refractivity contribution in [1.82, 2.24) is 15.5 Å². The summed E-state index contributed by atoms with van der Waals surface area (Å²) in [6.45, 7) is 2.66. The lowest BCUT2D eigenvalue weighted by atomic mass is 10.1. The summed E-state index contributed by atoms with van der Waals surface area (Å²) in [6.07, 6.45) is 4.48. The van der Waals surface area contributed by atoms with Gasteiger partial charge >= 0.3 is 0 Å². The van der Waals surface area contributed by atoms with E-state index in [1.54, 1.807) is 14.2 Å². The Labute approximate surface area is 233 Å². The summed E-state index contributed by atoms with van der Waals surface area (Å²) in [4.78, 5) is 32.2. The lowest BCUT2D eigenvalue weighted by Crippen LogP contribution is -2.44. The van der Waals surface area contributed by atoms with Gasteiger partial charge in [0.2, 0.25) is 17.8 Å². The molecule has 2 amide bonds. The number of nitriles is 1. The zero-order chi connectivity index (χ0) is 28.5. The topological polar surface area (TPSA) is 141 Å². The van der Waals surface area contributed by atoms with Gasteiger partial charge in [0.25, 0.3) is 0 Å². The standard InChI is InChI=1S/C29H34N6O5/c1-19-15-21-16-22(10-11-24(21)40-19)33-29(32-18-30)34-23-8-4-5-14-35(28(23)37)17-26(36)31-13-12-20-7-6-9-25(38-2)27(20)39-3/h6-7,9-11,15-16,23H,4-5,8,12-14,17H2,1-3H3,(H,31,36)(H2,32,33,34). The number of anilines is 1. The number of para-hydroxylation sites is 1. The zero-order valence-electron chi connectivity index (χ0n) is 23.0. The third kappa shape index (κ3) is 7.02. The number of methoxy groups -OCH3 is 2. The molecule has 0 spiro atoms. The lowest BCUT2D eigenvalue weighted by Gasteiger charge is -2.23. The Balaban J connectivity index is 1.38. The van der Waals surface area contributed by atoms with E-state index in [4.69, 9.17) is 13.9 Å². The molecule has 1 aliphatic heterocycles. The third-order valence-corrected chi connectivity index (χ3v) is 6.65. The monoisotopic (exact) mass is 546 g/mol. The van der Waals surface area contributed by atoms with Crippen LogP contribution >= 0.6 is 0 Å². The van der Waals surface area contributed by atoms with E-state index in [1.165, 1.54) is 4.90 Å². The molecule has 0 aliphatic carbocycles. The van der Waals surface area contributed by atoms with Crippen LogP contribution in [0.4, 0.5) is 5.69 Å². The molecule has 11 nitrogen and oxygen atoms in total. The van der Waals surface area contributed by atoms with Crippen LogP contribution in [0.2, 0.25) is 0 Å². The van der Waals surface area contributed by atoms with Crippen LogP contribution in [-0.2, 0) is 16.0 Å². The highest BCUT2D eigenvalue weighted by Gasteiger charge is 2.28. The zero-order valence-corrected chi connectivity index (χ0v) is 23.0. The Morgan fingerprint density at radius 2 is 2.05 bits per heavy atom. The van der Waals surface area contributed by atoms with E-state index >= 15 is 0 Å². The number of furan rings is 1. The Morgan fingerprint density at radius 3 is 2.83 bits per heavy atom. The fourth-order valence-electron chi connectivity index (χ4n) is 4.77. The van der Waals surface area contributed by atoms with Crippen LogP contribution in [0.25, 0.3) is 11.0 Å². The molecule has 1 aliphatic rings. The molecule has 1 atom stereocenters. The number of benzene rings is 2. The molecular weight excluding hydrogens is 512 g/mol. The normalized spacial score (nSPS) is 15.8. The van der Waals surface area contributed by atoms with Gasteiger partial charge < -0.3 is 29.4 Å². The maximum Gasteiger partial charge on any atom is 0.247 e. The minimum absolute atomic E-state index is 0.0644. The fraction of sp³-hybridized carbons (Fsp3) is 0.379. The average Bonchev–Trinajstić information content (AvgIpc) is 3.23. The van der Waals surface area contributed by atoms with Crippen molar-refractivity contribution in [2.24, 2.45) is 4.99 Å². The van der Waals surface area contributed by atoms with E-state index in [9.17, 15) is 14.9 Å². The molecule has 1 fully saturated rings. The predicted molar refractivity (Wildman–Crippen MR) is 151 cm³/mol. The van der Waals surface area contributed by atoms with E-state index in [1.807, 2.05) is 55.6 Å². The van der Waals surface area contributed by atoms with Gasteiger partial charge in [0, 0.05) is 24.2 Å². The van der Waals surface area contributed by atoms with E-state index in [0.717, 1.165) is 35.1 Å². The van der Waals surface area contributed by atoms with Crippen molar-refractivity contribution >= 4 is 34.4 Å². The Hall–Kier alpha value is -4.72. The average molecular weight is 547 g/mol. The van der Waals surface area contributed by atoms with Gasteiger partial charge in [0.1, 0.15) is 17.4 Å². The number of amides is 2. The number of aryl methyl sites for hydroxylation is 1. The molecule has 210 valence electrons. The SMILES string of the molecule is COc1cccc(CCNC(=O)CN2CCCCC(N=C(NC#N)Nc3ccc4oc(C)cc4c3)C2=O)c1OC.